The fourth-order valence-electron chi connectivity index (χ4n) is 2.26. The minimum absolute atomic E-state index is 0.110. The molecule has 3 rings (SSSR count). The molecule has 0 bridgehead atoms. The van der Waals surface area contributed by atoms with Crippen LogP contribution in [0, 0.1) is 0 Å². The van der Waals surface area contributed by atoms with Crippen molar-refractivity contribution in [3.8, 4) is 10.6 Å². The smallest absolute Gasteiger partial charge is 0.276 e. The van der Waals surface area contributed by atoms with Crippen LogP contribution >= 0.6 is 34.9 Å². The molecule has 5 nitrogen and oxygen atoms in total. The summed E-state index contributed by atoms with van der Waals surface area (Å²) in [6, 6.07) is 2.04. The Bertz CT molecular complexity index is 752. The zero-order valence-electron chi connectivity index (χ0n) is 13.2. The number of hydrogen-bond donors (Lipinski definition) is 1. The van der Waals surface area contributed by atoms with Crippen LogP contribution in [0.25, 0.3) is 16.6 Å². The van der Waals surface area contributed by atoms with E-state index in [9.17, 15) is 4.79 Å². The molecule has 0 atom stereocenters. The zero-order chi connectivity index (χ0) is 16.9. The van der Waals surface area contributed by atoms with Gasteiger partial charge in [-0.15, -0.1) is 11.3 Å². The van der Waals surface area contributed by atoms with Crippen LogP contribution in [0.4, 0.5) is 0 Å². The van der Waals surface area contributed by atoms with Crippen LogP contribution in [-0.2, 0) is 9.53 Å². The van der Waals surface area contributed by atoms with Gasteiger partial charge in [0.25, 0.3) is 5.91 Å². The molecule has 0 radical (unpaired) electrons. The molecular weight excluding hydrogens is 362 g/mol. The SMILES string of the molecule is CCOCCCN1C(=O)/C(=C\c2csc(-c3ccsc3)n2)NC1=S. The number of ether oxygens (including phenoxy) is 1. The summed E-state index contributed by atoms with van der Waals surface area (Å²) >= 11 is 8.46. The average Bonchev–Trinajstić information content (AvgIpc) is 3.28. The molecule has 0 aromatic carbocycles. The van der Waals surface area contributed by atoms with Crippen LogP contribution in [0.1, 0.15) is 19.0 Å². The predicted octanol–water partition coefficient (Wildman–Crippen LogP) is 3.36. The van der Waals surface area contributed by atoms with Gasteiger partial charge in [0, 0.05) is 36.1 Å². The fraction of sp³-hybridized carbons (Fsp3) is 0.312. The molecule has 1 N–H and O–H groups in total. The van der Waals surface area contributed by atoms with E-state index >= 15 is 0 Å². The van der Waals surface area contributed by atoms with E-state index in [-0.39, 0.29) is 5.91 Å². The van der Waals surface area contributed by atoms with Crippen molar-refractivity contribution in [2.24, 2.45) is 0 Å². The maximum absolute atomic E-state index is 12.5. The van der Waals surface area contributed by atoms with Crippen LogP contribution in [-0.4, -0.2) is 40.7 Å². The van der Waals surface area contributed by atoms with Crippen LogP contribution in [0.15, 0.2) is 27.9 Å². The minimum atomic E-state index is -0.110. The van der Waals surface area contributed by atoms with Crippen molar-refractivity contribution in [3.05, 3.63) is 33.6 Å². The van der Waals surface area contributed by atoms with Crippen molar-refractivity contribution < 1.29 is 9.53 Å². The topological polar surface area (TPSA) is 54.5 Å². The second-order valence-electron chi connectivity index (χ2n) is 5.08. The van der Waals surface area contributed by atoms with Crippen molar-refractivity contribution in [2.75, 3.05) is 19.8 Å². The van der Waals surface area contributed by atoms with Crippen LogP contribution in [0.3, 0.4) is 0 Å². The number of carbonyl (C=O) groups is 1. The van der Waals surface area contributed by atoms with Gasteiger partial charge >= 0.3 is 0 Å². The number of nitrogens with zero attached hydrogens (tertiary/aromatic N) is 2. The number of aromatic nitrogens is 1. The zero-order valence-corrected chi connectivity index (χ0v) is 15.6. The Kier molecular flexibility index (Phi) is 5.72. The van der Waals surface area contributed by atoms with E-state index in [2.05, 4.69) is 15.7 Å². The number of rotatable bonds is 7. The highest BCUT2D eigenvalue weighted by atomic mass is 32.1. The van der Waals surface area contributed by atoms with Gasteiger partial charge in [-0.2, -0.15) is 11.3 Å². The van der Waals surface area contributed by atoms with Crippen LogP contribution in [0.2, 0.25) is 0 Å². The third kappa shape index (κ3) is 3.89. The van der Waals surface area contributed by atoms with E-state index in [1.54, 1.807) is 33.6 Å². The number of amides is 1. The largest absolute Gasteiger partial charge is 0.382 e. The molecule has 0 spiro atoms. The molecule has 0 unspecified atom stereocenters. The molecule has 1 saturated heterocycles. The molecule has 2 aromatic rings. The Balaban J connectivity index is 1.67. The standard InChI is InChI=1S/C16H17N3O2S3/c1-2-21-6-3-5-19-15(20)13(18-16(19)22)8-12-10-24-14(17-12)11-4-7-23-9-11/h4,7-10H,2-3,5-6H2,1H3,(H,18,22)/b13-8+. The second kappa shape index (κ2) is 7.98. The van der Waals surface area contributed by atoms with Gasteiger partial charge in [-0.1, -0.05) is 0 Å². The summed E-state index contributed by atoms with van der Waals surface area (Å²) in [6.07, 6.45) is 2.51. The Labute approximate surface area is 154 Å². The summed E-state index contributed by atoms with van der Waals surface area (Å²) in [5, 5.41) is 10.4. The Morgan fingerprint density at radius 1 is 1.46 bits per heavy atom. The molecule has 0 saturated carbocycles. The third-order valence-corrected chi connectivity index (χ3v) is 5.33. The Hall–Kier alpha value is -1.61. The lowest BCUT2D eigenvalue weighted by Gasteiger charge is -2.13. The fourth-order valence-corrected chi connectivity index (χ4v) is 4.04. The van der Waals surface area contributed by atoms with Crippen molar-refractivity contribution >= 4 is 52.0 Å². The molecule has 1 fully saturated rings. The van der Waals surface area contributed by atoms with Crippen LogP contribution < -0.4 is 5.32 Å². The van der Waals surface area contributed by atoms with Crippen molar-refractivity contribution in [2.45, 2.75) is 13.3 Å². The molecule has 3 heterocycles. The molecule has 1 aliphatic rings. The lowest BCUT2D eigenvalue weighted by Crippen LogP contribution is -2.32. The maximum atomic E-state index is 12.5. The lowest BCUT2D eigenvalue weighted by atomic mass is 10.3. The normalized spacial score (nSPS) is 16.2. The summed E-state index contributed by atoms with van der Waals surface area (Å²) in [6.45, 7) is 3.81. The molecule has 126 valence electrons. The van der Waals surface area contributed by atoms with Gasteiger partial charge < -0.3 is 10.1 Å². The van der Waals surface area contributed by atoms with E-state index in [0.717, 1.165) is 22.7 Å². The second-order valence-corrected chi connectivity index (χ2v) is 7.11. The van der Waals surface area contributed by atoms with E-state index in [1.165, 1.54) is 0 Å². The van der Waals surface area contributed by atoms with Crippen molar-refractivity contribution in [1.82, 2.24) is 15.2 Å². The summed E-state index contributed by atoms with van der Waals surface area (Å²) in [5.41, 5.74) is 2.34. The highest BCUT2D eigenvalue weighted by molar-refractivity contribution is 7.80. The van der Waals surface area contributed by atoms with Gasteiger partial charge in [0.2, 0.25) is 0 Å². The number of nitrogens with one attached hydrogen (secondary N) is 1. The molecule has 2 aromatic heterocycles. The van der Waals surface area contributed by atoms with Gasteiger partial charge in [-0.25, -0.2) is 4.98 Å². The number of hydrogen-bond acceptors (Lipinski definition) is 6. The van der Waals surface area contributed by atoms with E-state index in [0.29, 0.717) is 30.6 Å². The number of thiophene rings is 1. The summed E-state index contributed by atoms with van der Waals surface area (Å²) in [4.78, 5) is 18.6. The minimum Gasteiger partial charge on any atom is -0.382 e. The first kappa shape index (κ1) is 17.2. The summed E-state index contributed by atoms with van der Waals surface area (Å²) in [7, 11) is 0. The molecule has 1 aliphatic heterocycles. The van der Waals surface area contributed by atoms with E-state index < -0.39 is 0 Å². The number of thiocarbonyl (C=S) groups is 1. The van der Waals surface area contributed by atoms with Gasteiger partial charge in [-0.3, -0.25) is 9.69 Å². The Morgan fingerprint density at radius 3 is 3.08 bits per heavy atom. The first-order valence-corrected chi connectivity index (χ1v) is 9.82. The molecule has 24 heavy (non-hydrogen) atoms. The van der Waals surface area contributed by atoms with Crippen molar-refractivity contribution in [3.63, 3.8) is 0 Å². The first-order valence-electron chi connectivity index (χ1n) is 7.59. The van der Waals surface area contributed by atoms with Gasteiger partial charge in [0.15, 0.2) is 5.11 Å². The summed E-state index contributed by atoms with van der Waals surface area (Å²) in [5.74, 6) is -0.110. The third-order valence-electron chi connectivity index (χ3n) is 3.42. The van der Waals surface area contributed by atoms with Gasteiger partial charge in [0.05, 0.1) is 5.69 Å². The first-order chi connectivity index (χ1) is 11.7. The van der Waals surface area contributed by atoms with Gasteiger partial charge in [0.1, 0.15) is 10.7 Å². The molecule has 0 aliphatic carbocycles. The monoisotopic (exact) mass is 379 g/mol. The van der Waals surface area contributed by atoms with Gasteiger partial charge in [-0.05, 0) is 43.1 Å². The van der Waals surface area contributed by atoms with E-state index in [4.69, 9.17) is 17.0 Å². The predicted molar refractivity (Wildman–Crippen MR) is 102 cm³/mol. The van der Waals surface area contributed by atoms with Crippen LogP contribution in [0.5, 0.6) is 0 Å². The Morgan fingerprint density at radius 2 is 2.33 bits per heavy atom. The van der Waals surface area contributed by atoms with E-state index in [1.807, 2.05) is 23.8 Å². The highest BCUT2D eigenvalue weighted by Gasteiger charge is 2.30. The quantitative estimate of drug-likeness (QED) is 0.454. The molecular formula is C16H17N3O2S3. The maximum Gasteiger partial charge on any atom is 0.276 e. The number of thiazole rings is 1. The van der Waals surface area contributed by atoms with Crippen molar-refractivity contribution in [1.29, 1.82) is 0 Å². The summed E-state index contributed by atoms with van der Waals surface area (Å²) < 4.78 is 5.30. The highest BCUT2D eigenvalue weighted by Crippen LogP contribution is 2.26. The molecule has 1 amide bonds. The molecule has 8 heteroatoms. The lowest BCUT2D eigenvalue weighted by molar-refractivity contribution is -0.122. The average molecular weight is 380 g/mol. The number of carbonyl (C=O) groups excluding carboxylic acids is 1.